The number of halogens is 1. The molecule has 0 spiro atoms. The molecule has 12 nitrogen and oxygen atoms in total. The van der Waals surface area contributed by atoms with Crippen molar-refractivity contribution in [2.45, 2.75) is 275 Å². The first-order valence-electron chi connectivity index (χ1n) is 39.2. The van der Waals surface area contributed by atoms with Crippen molar-refractivity contribution in [2.24, 2.45) is 26.2 Å². The molecule has 0 radical (unpaired) electrons. The molecule has 105 heavy (non-hydrogen) atoms. The molecule has 0 amide bonds. The zero-order chi connectivity index (χ0) is 72.5. The minimum absolute atomic E-state index is 0. The average molecular weight is 1690 g/mol. The van der Waals surface area contributed by atoms with E-state index in [0.29, 0.717) is 0 Å². The molecule has 3 aromatic heterocycles. The first-order chi connectivity index (χ1) is 50.9. The number of hydrogen-bond donors (Lipinski definition) is 0. The van der Waals surface area contributed by atoms with Crippen molar-refractivity contribution in [1.29, 1.82) is 0 Å². The van der Waals surface area contributed by atoms with Gasteiger partial charge in [0.1, 0.15) is 67.2 Å². The van der Waals surface area contributed by atoms with E-state index >= 15 is 0 Å². The van der Waals surface area contributed by atoms with Crippen molar-refractivity contribution in [3.05, 3.63) is 122 Å². The van der Waals surface area contributed by atoms with Gasteiger partial charge in [-0.05, 0) is 95.1 Å². The van der Waals surface area contributed by atoms with Crippen LogP contribution in [0, 0.1) is 27.7 Å². The van der Waals surface area contributed by atoms with Crippen LogP contribution in [0.25, 0.3) is 77.6 Å². The van der Waals surface area contributed by atoms with E-state index in [9.17, 15) is 0 Å². The first-order valence-corrected chi connectivity index (χ1v) is 51.8. The Labute approximate surface area is 661 Å². The molecule has 6 heterocycles. The second-order valence-electron chi connectivity index (χ2n) is 30.0. The minimum Gasteiger partial charge on any atom is -0.173 e. The quantitative estimate of drug-likeness (QED) is 0.0302. The SMILES string of the molecule is C.CCCCCCC1(CCCCCC)c2cc(-c3c4c(c(C)c5nsnc35)N=S=N4)ccc2-c2ccc(-c3c4c(c(C)c5nsnc35)N=S=N4)cc21.CCCCCCC1(CCCCCC)c2cc(C)ccc2-c2cc[c]([Sn]([CH2]CCC)([CH2]CCC)[CH2]CCC)cc21.Cc1c2c(c(Br)c3nsnc13)N=S=N2. The van der Waals surface area contributed by atoms with Crippen molar-refractivity contribution in [3.63, 3.8) is 0 Å². The van der Waals surface area contributed by atoms with Crippen molar-refractivity contribution < 1.29 is 0 Å². The second-order valence-corrected chi connectivity index (χ2v) is 47.2. The summed E-state index contributed by atoms with van der Waals surface area (Å²) in [5.74, 6) is 0. The van der Waals surface area contributed by atoms with E-state index < -0.39 is 18.4 Å². The van der Waals surface area contributed by atoms with Gasteiger partial charge in [-0.25, -0.2) is 0 Å². The van der Waals surface area contributed by atoms with Gasteiger partial charge in [0.05, 0.1) is 73.7 Å². The van der Waals surface area contributed by atoms with Gasteiger partial charge >= 0.3 is 249 Å². The molecule has 20 heteroatoms. The Morgan fingerprint density at radius 3 is 1.07 bits per heavy atom. The maximum absolute atomic E-state index is 4.83. The third-order valence-corrected chi connectivity index (χ3v) is 42.9. The molecule has 3 aliphatic heterocycles. The van der Waals surface area contributed by atoms with Gasteiger partial charge in [0.25, 0.3) is 0 Å². The Hall–Kier alpha value is -5.26. The maximum atomic E-state index is 4.83. The van der Waals surface area contributed by atoms with Crippen molar-refractivity contribution >= 4 is 174 Å². The van der Waals surface area contributed by atoms with Crippen molar-refractivity contribution in [3.8, 4) is 44.5 Å². The molecule has 0 saturated carbocycles. The Bertz CT molecular complexity index is 4770. The van der Waals surface area contributed by atoms with Gasteiger partial charge in [-0.3, -0.25) is 0 Å². The molecule has 0 N–H and O–H groups in total. The van der Waals surface area contributed by atoms with E-state index in [2.05, 4.69) is 175 Å². The molecule has 0 atom stereocenters. The van der Waals surface area contributed by atoms with Crippen LogP contribution in [0.4, 0.5) is 34.1 Å². The Kier molecular flexibility index (Phi) is 27.2. The molecule has 7 aromatic carbocycles. The van der Waals surface area contributed by atoms with Gasteiger partial charge in [-0.15, -0.1) is 0 Å². The number of nitrogens with zero attached hydrogens (tertiary/aromatic N) is 12. The molecule has 0 bridgehead atoms. The molecule has 0 saturated heterocycles. The molecule has 0 fully saturated rings. The number of benzene rings is 7. The molecule has 554 valence electrons. The van der Waals surface area contributed by atoms with Gasteiger partial charge in [-0.1, -0.05) is 96.9 Å². The smallest absolute Gasteiger partial charge is 0.121 e. The van der Waals surface area contributed by atoms with Gasteiger partial charge in [0, 0.05) is 33.2 Å². The standard InChI is InChI=1S/C39H38N8S4.C26H35.C7H3BrN4S2.3C4H9.CH4.Sn/c1-5-7-9-11-17-39(18-12-10-8-6-2)27-19-23(29-35-31(40-48-44-35)21(3)32-36(29)45-49-41-32)13-15-25(27)26-16-14-24(20-28(26)39)30-37-33(42-50-46-37)22(4)34-38(30)47-51-43-34;1-4-6-8-12-18-26(19-13-9-7-5-2)24-15-11-10-14-22(24)23-17-16-21(3)20-25(23)26;1-2-4-6(11-13-9-4)3(8)7-5(2)10-14-12-7;3*1-3-4-2;;/h13-16,19-20H,5-12,17-18H2,1-4H3;10,14-17,20H,4-9,12-13,18-19H2,1-3H3;1H3;3*1,3-4H2,2H3;1H4;. The van der Waals surface area contributed by atoms with Gasteiger partial charge in [-0.2, -0.15) is 52.4 Å². The van der Waals surface area contributed by atoms with E-state index in [0.717, 1.165) is 123 Å². The molecule has 0 unspecified atom stereocenters. The Morgan fingerprint density at radius 2 is 0.657 bits per heavy atom. The van der Waals surface area contributed by atoms with Crippen LogP contribution < -0.4 is 3.58 Å². The number of aryl methyl sites for hydroxylation is 4. The number of fused-ring (bicyclic) bond motifs is 12. The van der Waals surface area contributed by atoms with Crippen LogP contribution in [0.15, 0.2) is 103 Å². The molecular weight excluding hydrogens is 1580 g/mol. The number of unbranched alkanes of at least 4 members (excludes halogenated alkanes) is 15. The fourth-order valence-corrected chi connectivity index (χ4v) is 38.0. The van der Waals surface area contributed by atoms with Crippen LogP contribution in [0.2, 0.25) is 13.3 Å². The van der Waals surface area contributed by atoms with Gasteiger partial charge in [0.15, 0.2) is 0 Å². The summed E-state index contributed by atoms with van der Waals surface area (Å²) in [4.78, 5) is 0. The molecule has 15 rings (SSSR count). The third kappa shape index (κ3) is 15.6. The molecule has 2 aliphatic carbocycles. The van der Waals surface area contributed by atoms with Crippen LogP contribution in [0.3, 0.4) is 0 Å². The zero-order valence-electron chi connectivity index (χ0n) is 63.1. The van der Waals surface area contributed by atoms with Crippen LogP contribution in [0.5, 0.6) is 0 Å². The topological polar surface area (TPSA) is 152 Å². The normalized spacial score (nSPS) is 14.1. The largest absolute Gasteiger partial charge is 0.173 e. The van der Waals surface area contributed by atoms with E-state index in [-0.39, 0.29) is 18.3 Å². The predicted octanol–water partition coefficient (Wildman–Crippen LogP) is 29.7. The summed E-state index contributed by atoms with van der Waals surface area (Å²) in [5, 5.41) is 0. The zero-order valence-corrected chi connectivity index (χ0v) is 72.5. The Morgan fingerprint density at radius 1 is 0.333 bits per heavy atom. The van der Waals surface area contributed by atoms with Crippen molar-refractivity contribution in [1.82, 2.24) is 26.2 Å². The van der Waals surface area contributed by atoms with Crippen LogP contribution in [0.1, 0.15) is 267 Å². The third-order valence-electron chi connectivity index (χ3n) is 23.3. The van der Waals surface area contributed by atoms with E-state index in [4.69, 9.17) is 34.9 Å². The summed E-state index contributed by atoms with van der Waals surface area (Å²) in [6.45, 7) is 25.0. The van der Waals surface area contributed by atoms with Gasteiger partial charge in [0.2, 0.25) is 0 Å². The molecular formula is C85H107BrN12S6Sn. The van der Waals surface area contributed by atoms with Crippen LogP contribution in [-0.2, 0) is 44.9 Å². The summed E-state index contributed by atoms with van der Waals surface area (Å²) in [5.41, 5.74) is 32.2. The summed E-state index contributed by atoms with van der Waals surface area (Å²) in [7, 11) is 0. The van der Waals surface area contributed by atoms with Gasteiger partial charge < -0.3 is 0 Å². The monoisotopic (exact) mass is 1690 g/mol. The van der Waals surface area contributed by atoms with E-state index in [1.807, 2.05) is 10.5 Å². The first kappa shape index (κ1) is 79.3. The molecule has 5 aliphatic rings. The maximum Gasteiger partial charge on any atom is 0.121 e. The van der Waals surface area contributed by atoms with E-state index in [1.165, 1.54) is 251 Å². The van der Waals surface area contributed by atoms with E-state index in [1.54, 1.807) is 35.6 Å². The fraction of sp³-hybridized carbons (Fsp3) is 0.506. The van der Waals surface area contributed by atoms with Crippen LogP contribution in [-0.4, -0.2) is 44.6 Å². The second kappa shape index (κ2) is 36.1. The number of aromatic nitrogens is 6. The predicted molar refractivity (Wildman–Crippen MR) is 463 cm³/mol. The fourth-order valence-electron chi connectivity index (χ4n) is 17.6. The van der Waals surface area contributed by atoms with Crippen LogP contribution >= 0.6 is 51.1 Å². The minimum atomic E-state index is -2.51. The van der Waals surface area contributed by atoms with Crippen molar-refractivity contribution in [2.75, 3.05) is 0 Å². The molecule has 10 aromatic rings. The Balaban J connectivity index is 0.000000169. The summed E-state index contributed by atoms with van der Waals surface area (Å²) in [6.07, 6.45) is 34.0. The summed E-state index contributed by atoms with van der Waals surface area (Å²) < 4.78 is 62.6. The summed E-state index contributed by atoms with van der Waals surface area (Å²) >= 11 is 8.48. The number of hydrogen-bond acceptors (Lipinski definition) is 15. The number of rotatable bonds is 32. The summed E-state index contributed by atoms with van der Waals surface area (Å²) in [6, 6.07) is 29.8. The average Bonchev–Trinajstić information content (AvgIpc) is 1.57.